The SMILES string of the molecule is COc1cc(C(C)=O)ccc1OCC(=O)CCCc1ccccc1C(F)(F)F. The van der Waals surface area contributed by atoms with E-state index in [1.54, 1.807) is 18.2 Å². The molecule has 28 heavy (non-hydrogen) atoms. The van der Waals surface area contributed by atoms with Gasteiger partial charge >= 0.3 is 6.18 Å². The van der Waals surface area contributed by atoms with Crippen molar-refractivity contribution in [2.24, 2.45) is 0 Å². The van der Waals surface area contributed by atoms with E-state index in [-0.39, 0.29) is 43.0 Å². The van der Waals surface area contributed by atoms with Crippen LogP contribution in [-0.4, -0.2) is 25.3 Å². The first kappa shape index (κ1) is 21.5. The van der Waals surface area contributed by atoms with Crippen LogP contribution in [0.5, 0.6) is 11.5 Å². The van der Waals surface area contributed by atoms with Gasteiger partial charge in [0.1, 0.15) is 6.61 Å². The zero-order chi connectivity index (χ0) is 20.7. The third-order valence-corrected chi connectivity index (χ3v) is 4.18. The van der Waals surface area contributed by atoms with Gasteiger partial charge in [0.2, 0.25) is 0 Å². The zero-order valence-electron chi connectivity index (χ0n) is 15.6. The molecule has 7 heteroatoms. The first-order valence-electron chi connectivity index (χ1n) is 8.71. The Hall–Kier alpha value is -2.83. The van der Waals surface area contributed by atoms with E-state index in [9.17, 15) is 22.8 Å². The Morgan fingerprint density at radius 3 is 2.39 bits per heavy atom. The summed E-state index contributed by atoms with van der Waals surface area (Å²) in [7, 11) is 1.42. The van der Waals surface area contributed by atoms with Crippen LogP contribution < -0.4 is 9.47 Å². The standard InChI is InChI=1S/C21H21F3O4/c1-14(25)16-10-11-19(20(12-16)27-2)28-13-17(26)8-5-7-15-6-3-4-9-18(15)21(22,23)24/h3-4,6,9-12H,5,7-8,13H2,1-2H3. The minimum absolute atomic E-state index is 0.0973. The van der Waals surface area contributed by atoms with E-state index < -0.39 is 11.7 Å². The minimum atomic E-state index is -4.41. The Kier molecular flexibility index (Phi) is 7.20. The molecule has 4 nitrogen and oxygen atoms in total. The highest BCUT2D eigenvalue weighted by molar-refractivity contribution is 5.94. The molecule has 0 fully saturated rings. The summed E-state index contributed by atoms with van der Waals surface area (Å²) in [5.41, 5.74) is -0.0435. The average Bonchev–Trinajstić information content (AvgIpc) is 2.65. The molecule has 0 saturated carbocycles. The molecule has 0 amide bonds. The van der Waals surface area contributed by atoms with Crippen molar-refractivity contribution >= 4 is 11.6 Å². The molecule has 2 aromatic rings. The number of hydrogen-bond acceptors (Lipinski definition) is 4. The molecular formula is C21H21F3O4. The third kappa shape index (κ3) is 5.84. The van der Waals surface area contributed by atoms with Crippen LogP contribution in [0.25, 0.3) is 0 Å². The average molecular weight is 394 g/mol. The lowest BCUT2D eigenvalue weighted by Gasteiger charge is -2.13. The van der Waals surface area contributed by atoms with E-state index in [4.69, 9.17) is 9.47 Å². The third-order valence-electron chi connectivity index (χ3n) is 4.18. The second-order valence-corrected chi connectivity index (χ2v) is 6.26. The van der Waals surface area contributed by atoms with Gasteiger partial charge < -0.3 is 9.47 Å². The molecule has 0 aliphatic carbocycles. The summed E-state index contributed by atoms with van der Waals surface area (Å²) in [6.45, 7) is 1.20. The molecule has 0 aromatic heterocycles. The first-order valence-corrected chi connectivity index (χ1v) is 8.71. The predicted octanol–water partition coefficient (Wildman–Crippen LogP) is 4.89. The van der Waals surface area contributed by atoms with Crippen LogP contribution in [0.4, 0.5) is 13.2 Å². The van der Waals surface area contributed by atoms with E-state index in [1.807, 2.05) is 0 Å². The van der Waals surface area contributed by atoms with E-state index in [2.05, 4.69) is 0 Å². The second kappa shape index (κ2) is 9.39. The molecule has 0 aliphatic heterocycles. The number of carbonyl (C=O) groups is 2. The maximum absolute atomic E-state index is 13.0. The Balaban J connectivity index is 1.88. The summed E-state index contributed by atoms with van der Waals surface area (Å²) < 4.78 is 49.5. The van der Waals surface area contributed by atoms with Crippen molar-refractivity contribution in [3.8, 4) is 11.5 Å². The summed E-state index contributed by atoms with van der Waals surface area (Å²) >= 11 is 0. The van der Waals surface area contributed by atoms with Crippen molar-refractivity contribution in [1.82, 2.24) is 0 Å². The molecule has 0 bridgehead atoms. The lowest BCUT2D eigenvalue weighted by molar-refractivity contribution is -0.138. The van der Waals surface area contributed by atoms with Gasteiger partial charge in [0.15, 0.2) is 23.1 Å². The van der Waals surface area contributed by atoms with Crippen LogP contribution in [0, 0.1) is 0 Å². The number of carbonyl (C=O) groups excluding carboxylic acids is 2. The van der Waals surface area contributed by atoms with Gasteiger partial charge in [0.25, 0.3) is 0 Å². The molecule has 0 unspecified atom stereocenters. The maximum Gasteiger partial charge on any atom is 0.416 e. The van der Waals surface area contributed by atoms with Crippen molar-refractivity contribution in [3.05, 3.63) is 59.2 Å². The Morgan fingerprint density at radius 1 is 1.04 bits per heavy atom. The van der Waals surface area contributed by atoms with Gasteiger partial charge in [-0.05, 0) is 49.6 Å². The number of hydrogen-bond donors (Lipinski definition) is 0. The number of aryl methyl sites for hydroxylation is 1. The fraction of sp³-hybridized carbons (Fsp3) is 0.333. The smallest absolute Gasteiger partial charge is 0.416 e. The molecule has 150 valence electrons. The van der Waals surface area contributed by atoms with Crippen molar-refractivity contribution < 1.29 is 32.2 Å². The molecule has 0 aliphatic rings. The number of halogens is 3. The van der Waals surface area contributed by atoms with E-state index in [0.717, 1.165) is 6.07 Å². The molecule has 2 aromatic carbocycles. The second-order valence-electron chi connectivity index (χ2n) is 6.26. The molecule has 0 N–H and O–H groups in total. The summed E-state index contributed by atoms with van der Waals surface area (Å²) in [5.74, 6) is 0.296. The fourth-order valence-electron chi connectivity index (χ4n) is 2.73. The normalized spacial score (nSPS) is 11.2. The monoisotopic (exact) mass is 394 g/mol. The van der Waals surface area contributed by atoms with Gasteiger partial charge in [-0.15, -0.1) is 0 Å². The number of methoxy groups -OCH3 is 1. The van der Waals surface area contributed by atoms with Gasteiger partial charge in [-0.2, -0.15) is 13.2 Å². The molecule has 0 saturated heterocycles. The highest BCUT2D eigenvalue weighted by Crippen LogP contribution is 2.32. The van der Waals surface area contributed by atoms with Crippen molar-refractivity contribution in [2.45, 2.75) is 32.4 Å². The highest BCUT2D eigenvalue weighted by Gasteiger charge is 2.32. The molecule has 0 atom stereocenters. The van der Waals surface area contributed by atoms with Crippen molar-refractivity contribution in [2.75, 3.05) is 13.7 Å². The minimum Gasteiger partial charge on any atom is -0.493 e. The zero-order valence-corrected chi connectivity index (χ0v) is 15.6. The number of Topliss-reactive ketones (excluding diaryl/α,β-unsaturated/α-hetero) is 2. The lowest BCUT2D eigenvalue weighted by atomic mass is 10.0. The number of ketones is 2. The van der Waals surface area contributed by atoms with E-state index in [0.29, 0.717) is 17.1 Å². The summed E-state index contributed by atoms with van der Waals surface area (Å²) in [5, 5.41) is 0. The lowest BCUT2D eigenvalue weighted by Crippen LogP contribution is -2.13. The van der Waals surface area contributed by atoms with Crippen LogP contribution >= 0.6 is 0 Å². The Labute approximate surface area is 161 Å². The first-order chi connectivity index (χ1) is 13.2. The van der Waals surface area contributed by atoms with Crippen LogP contribution in [0.2, 0.25) is 0 Å². The highest BCUT2D eigenvalue weighted by atomic mass is 19.4. The number of ether oxygens (including phenoxy) is 2. The maximum atomic E-state index is 13.0. The fourth-order valence-corrected chi connectivity index (χ4v) is 2.73. The van der Waals surface area contributed by atoms with Gasteiger partial charge in [-0.3, -0.25) is 9.59 Å². The summed E-state index contributed by atoms with van der Waals surface area (Å²) in [6, 6.07) is 9.99. The molecular weight excluding hydrogens is 373 g/mol. The van der Waals surface area contributed by atoms with E-state index in [1.165, 1.54) is 32.2 Å². The van der Waals surface area contributed by atoms with E-state index >= 15 is 0 Å². The number of rotatable bonds is 9. The predicted molar refractivity (Wildman–Crippen MR) is 97.9 cm³/mol. The van der Waals surface area contributed by atoms with Gasteiger partial charge in [0, 0.05) is 12.0 Å². The van der Waals surface area contributed by atoms with Crippen LogP contribution in [0.1, 0.15) is 41.3 Å². The Morgan fingerprint density at radius 2 is 1.75 bits per heavy atom. The van der Waals surface area contributed by atoms with Crippen LogP contribution in [-0.2, 0) is 17.4 Å². The summed E-state index contributed by atoms with van der Waals surface area (Å²) in [6.07, 6.45) is -3.87. The number of benzene rings is 2. The quantitative estimate of drug-likeness (QED) is 0.569. The van der Waals surface area contributed by atoms with Gasteiger partial charge in [-0.25, -0.2) is 0 Å². The van der Waals surface area contributed by atoms with Crippen molar-refractivity contribution in [3.63, 3.8) is 0 Å². The topological polar surface area (TPSA) is 52.6 Å². The van der Waals surface area contributed by atoms with Crippen LogP contribution in [0.3, 0.4) is 0 Å². The van der Waals surface area contributed by atoms with Crippen LogP contribution in [0.15, 0.2) is 42.5 Å². The molecule has 0 radical (unpaired) electrons. The number of alkyl halides is 3. The molecule has 0 spiro atoms. The molecule has 2 rings (SSSR count). The largest absolute Gasteiger partial charge is 0.493 e. The Bertz CT molecular complexity index is 844. The van der Waals surface area contributed by atoms with Gasteiger partial charge in [0.05, 0.1) is 12.7 Å². The summed E-state index contributed by atoms with van der Waals surface area (Å²) in [4.78, 5) is 23.4. The molecule has 0 heterocycles. The van der Waals surface area contributed by atoms with Gasteiger partial charge in [-0.1, -0.05) is 18.2 Å². The van der Waals surface area contributed by atoms with Crippen molar-refractivity contribution in [1.29, 1.82) is 0 Å².